The van der Waals surface area contributed by atoms with Crippen molar-refractivity contribution < 1.29 is 17.6 Å². The maximum Gasteiger partial charge on any atom is 0.216 e. The summed E-state index contributed by atoms with van der Waals surface area (Å²) in [6, 6.07) is 18.9. The number of hydrogen-bond donors (Lipinski definition) is 0. The number of hydrogen-bond acceptors (Lipinski definition) is 6. The monoisotopic (exact) mass is 425 g/mol. The number of benzene rings is 2. The largest absolute Gasteiger partial charge is 0.496 e. The topological polar surface area (TPSA) is 80.3 Å². The molecular weight excluding hydrogens is 406 g/mol. The third kappa shape index (κ3) is 5.11. The molecule has 0 bridgehead atoms. The summed E-state index contributed by atoms with van der Waals surface area (Å²) in [5.74, 6) is 2.95. The average Bonchev–Trinajstić information content (AvgIpc) is 3.26. The van der Waals surface area contributed by atoms with Crippen molar-refractivity contribution in [3.8, 4) is 11.8 Å². The number of rotatable bonds is 8. The van der Waals surface area contributed by atoms with Crippen molar-refractivity contribution in [3.05, 3.63) is 88.7 Å². The predicted octanol–water partition coefficient (Wildman–Crippen LogP) is 5.06. The van der Waals surface area contributed by atoms with E-state index in [2.05, 4.69) is 0 Å². The predicted molar refractivity (Wildman–Crippen MR) is 114 cm³/mol. The van der Waals surface area contributed by atoms with E-state index in [1.165, 1.54) is 18.2 Å². The van der Waals surface area contributed by atoms with Crippen LogP contribution >= 0.6 is 11.8 Å². The lowest BCUT2D eigenvalue weighted by Crippen LogP contribution is -2.03. The van der Waals surface area contributed by atoms with Crippen LogP contribution in [0.25, 0.3) is 6.08 Å². The Morgan fingerprint density at radius 1 is 1.14 bits per heavy atom. The minimum atomic E-state index is -3.87. The average molecular weight is 426 g/mol. The van der Waals surface area contributed by atoms with E-state index in [9.17, 15) is 13.7 Å². The third-order valence-electron chi connectivity index (χ3n) is 4.14. The van der Waals surface area contributed by atoms with Gasteiger partial charge in [0.2, 0.25) is 9.84 Å². The zero-order valence-corrected chi connectivity index (χ0v) is 17.4. The number of furan rings is 1. The van der Waals surface area contributed by atoms with E-state index >= 15 is 0 Å². The van der Waals surface area contributed by atoms with Crippen LogP contribution in [0.15, 0.2) is 81.1 Å². The molecule has 5 nitrogen and oxygen atoms in total. The summed E-state index contributed by atoms with van der Waals surface area (Å²) < 4.78 is 36.2. The Hall–Kier alpha value is -2.95. The van der Waals surface area contributed by atoms with Gasteiger partial charge in [0.25, 0.3) is 0 Å². The number of nitrogens with zero attached hydrogens (tertiary/aromatic N) is 1. The van der Waals surface area contributed by atoms with Gasteiger partial charge in [0.15, 0.2) is 0 Å². The third-order valence-corrected chi connectivity index (χ3v) is 6.82. The minimum Gasteiger partial charge on any atom is -0.496 e. The zero-order valence-electron chi connectivity index (χ0n) is 15.7. The van der Waals surface area contributed by atoms with E-state index in [1.807, 2.05) is 24.3 Å². The highest BCUT2D eigenvalue weighted by Crippen LogP contribution is 2.28. The van der Waals surface area contributed by atoms with Gasteiger partial charge in [-0.25, -0.2) is 8.42 Å². The van der Waals surface area contributed by atoms with Crippen LogP contribution in [0.5, 0.6) is 5.75 Å². The van der Waals surface area contributed by atoms with Crippen LogP contribution in [0.3, 0.4) is 0 Å². The lowest BCUT2D eigenvalue weighted by atomic mass is 10.1. The van der Waals surface area contributed by atoms with Crippen LogP contribution in [-0.2, 0) is 21.3 Å². The molecular formula is C22H19NO4S2. The lowest BCUT2D eigenvalue weighted by molar-refractivity contribution is 0.411. The van der Waals surface area contributed by atoms with Crippen LogP contribution in [0.2, 0.25) is 0 Å². The van der Waals surface area contributed by atoms with Crippen molar-refractivity contribution in [3.63, 3.8) is 0 Å². The van der Waals surface area contributed by atoms with Gasteiger partial charge in [-0.2, -0.15) is 5.26 Å². The fourth-order valence-corrected chi connectivity index (χ4v) is 4.80. The summed E-state index contributed by atoms with van der Waals surface area (Å²) in [5.41, 5.74) is 1.53. The molecule has 1 aromatic heterocycles. The number of methoxy groups -OCH3 is 1. The van der Waals surface area contributed by atoms with E-state index in [0.29, 0.717) is 22.8 Å². The summed E-state index contributed by atoms with van der Waals surface area (Å²) in [7, 11) is -2.28. The molecule has 0 aliphatic heterocycles. The van der Waals surface area contributed by atoms with Gasteiger partial charge >= 0.3 is 0 Å². The molecule has 0 spiro atoms. The standard InChI is InChI=1S/C22H19NO4S2/c1-26-22-10-9-17(12-18(22)15-28-16-19-6-5-11-27-19)13-21(14-23)29(24,25)20-7-3-2-4-8-20/h2-13H,15-16H2,1H3/b21-13-. The molecule has 0 amide bonds. The molecule has 2 aromatic carbocycles. The Bertz CT molecular complexity index is 1130. The number of allylic oxidation sites excluding steroid dienone is 1. The molecule has 0 N–H and O–H groups in total. The van der Waals surface area contributed by atoms with Gasteiger partial charge in [-0.15, -0.1) is 11.8 Å². The van der Waals surface area contributed by atoms with E-state index in [1.54, 1.807) is 55.5 Å². The fraction of sp³-hybridized carbons (Fsp3) is 0.136. The van der Waals surface area contributed by atoms with E-state index < -0.39 is 9.84 Å². The SMILES string of the molecule is COc1ccc(/C=C(/C#N)S(=O)(=O)c2ccccc2)cc1CSCc1ccco1. The summed E-state index contributed by atoms with van der Waals surface area (Å²) in [4.78, 5) is -0.210. The number of ether oxygens (including phenoxy) is 1. The molecule has 3 aromatic rings. The maximum atomic E-state index is 12.7. The highest BCUT2D eigenvalue weighted by Gasteiger charge is 2.20. The minimum absolute atomic E-state index is 0.0931. The van der Waals surface area contributed by atoms with E-state index in [0.717, 1.165) is 11.3 Å². The molecule has 1 heterocycles. The molecule has 0 radical (unpaired) electrons. The molecule has 0 fully saturated rings. The van der Waals surface area contributed by atoms with Crippen molar-refractivity contribution in [2.75, 3.05) is 7.11 Å². The molecule has 29 heavy (non-hydrogen) atoms. The molecule has 0 saturated heterocycles. The van der Waals surface area contributed by atoms with Crippen LogP contribution in [0.4, 0.5) is 0 Å². The van der Waals surface area contributed by atoms with Crippen molar-refractivity contribution in [1.82, 2.24) is 0 Å². The van der Waals surface area contributed by atoms with Gasteiger partial charge in [0.1, 0.15) is 22.5 Å². The van der Waals surface area contributed by atoms with Crippen molar-refractivity contribution in [2.24, 2.45) is 0 Å². The summed E-state index contributed by atoms with van der Waals surface area (Å²) in [5, 5.41) is 9.46. The Kier molecular flexibility index (Phi) is 6.81. The normalized spacial score (nSPS) is 11.8. The zero-order chi connectivity index (χ0) is 20.7. The molecule has 7 heteroatoms. The Morgan fingerprint density at radius 2 is 1.93 bits per heavy atom. The fourth-order valence-electron chi connectivity index (χ4n) is 2.71. The van der Waals surface area contributed by atoms with Crippen LogP contribution in [0, 0.1) is 11.3 Å². The number of sulfone groups is 1. The second-order valence-corrected chi connectivity index (χ2v) is 8.98. The van der Waals surface area contributed by atoms with Gasteiger partial charge in [-0.3, -0.25) is 0 Å². The Labute approximate surface area is 174 Å². The first-order valence-corrected chi connectivity index (χ1v) is 11.4. The number of thioether (sulfide) groups is 1. The van der Waals surface area contributed by atoms with Gasteiger partial charge in [-0.05, 0) is 48.0 Å². The van der Waals surface area contributed by atoms with Gasteiger partial charge in [0, 0.05) is 11.3 Å². The molecule has 148 valence electrons. The van der Waals surface area contributed by atoms with Gasteiger partial charge in [-0.1, -0.05) is 24.3 Å². The van der Waals surface area contributed by atoms with Gasteiger partial charge in [0.05, 0.1) is 24.0 Å². The van der Waals surface area contributed by atoms with Crippen LogP contribution < -0.4 is 4.74 Å². The van der Waals surface area contributed by atoms with Crippen molar-refractivity contribution >= 4 is 27.7 Å². The lowest BCUT2D eigenvalue weighted by Gasteiger charge is -2.10. The first kappa shape index (κ1) is 20.8. The van der Waals surface area contributed by atoms with E-state index in [-0.39, 0.29) is 9.80 Å². The van der Waals surface area contributed by atoms with Crippen LogP contribution in [0.1, 0.15) is 16.9 Å². The smallest absolute Gasteiger partial charge is 0.216 e. The first-order valence-electron chi connectivity index (χ1n) is 8.73. The summed E-state index contributed by atoms with van der Waals surface area (Å²) in [6.45, 7) is 0. The van der Waals surface area contributed by atoms with Crippen molar-refractivity contribution in [1.29, 1.82) is 5.26 Å². The molecule has 0 saturated carbocycles. The molecule has 3 rings (SSSR count). The van der Waals surface area contributed by atoms with Gasteiger partial charge < -0.3 is 9.15 Å². The Morgan fingerprint density at radius 3 is 2.59 bits per heavy atom. The molecule has 0 atom stereocenters. The first-order chi connectivity index (χ1) is 14.0. The highest BCUT2D eigenvalue weighted by atomic mass is 32.2. The molecule has 0 aliphatic rings. The quantitative estimate of drug-likeness (QED) is 0.469. The van der Waals surface area contributed by atoms with Crippen LogP contribution in [-0.4, -0.2) is 15.5 Å². The Balaban J connectivity index is 1.86. The highest BCUT2D eigenvalue weighted by molar-refractivity contribution is 7.97. The number of nitriles is 1. The summed E-state index contributed by atoms with van der Waals surface area (Å²) >= 11 is 1.65. The molecule has 0 unspecified atom stereocenters. The maximum absolute atomic E-state index is 12.7. The molecule has 0 aliphatic carbocycles. The summed E-state index contributed by atoms with van der Waals surface area (Å²) in [6.07, 6.45) is 3.03. The van der Waals surface area contributed by atoms with E-state index in [4.69, 9.17) is 9.15 Å². The second-order valence-electron chi connectivity index (χ2n) is 6.08. The second kappa shape index (κ2) is 9.50. The van der Waals surface area contributed by atoms with Crippen molar-refractivity contribution in [2.45, 2.75) is 16.4 Å².